The summed E-state index contributed by atoms with van der Waals surface area (Å²) in [6, 6.07) is 0. The van der Waals surface area contributed by atoms with Crippen molar-refractivity contribution in [2.45, 2.75) is 233 Å². The fourth-order valence-corrected chi connectivity index (χ4v) is 6.92. The molecule has 0 aromatic rings. The topological polar surface area (TPSA) is 60.4 Å². The van der Waals surface area contributed by atoms with Gasteiger partial charge in [0.1, 0.15) is 0 Å². The molecule has 0 rings (SSSR count). The van der Waals surface area contributed by atoms with Gasteiger partial charge in [0.2, 0.25) is 6.16 Å². The zero-order valence-corrected chi connectivity index (χ0v) is 37.2. The van der Waals surface area contributed by atoms with E-state index in [-0.39, 0.29) is 12.4 Å². The number of unbranched alkanes of at least 4 members (excludes halogenated alkanes) is 28. The first-order chi connectivity index (χ1) is 24.0. The van der Waals surface area contributed by atoms with E-state index in [1.165, 1.54) is 241 Å². The summed E-state index contributed by atoms with van der Waals surface area (Å²) in [6.45, 7) is 14.7. The predicted octanol–water partition coefficient (Wildman–Crippen LogP) is 10.6. The highest BCUT2D eigenvalue weighted by molar-refractivity contribution is 5.50. The Hall–Kier alpha value is -0.520. The summed E-state index contributed by atoms with van der Waals surface area (Å²) in [5.74, 6) is 0. The zero-order chi connectivity index (χ0) is 38.0. The van der Waals surface area contributed by atoms with Crippen molar-refractivity contribution in [2.24, 2.45) is 0 Å². The Kier molecular flexibility index (Phi) is 51.2. The van der Waals surface area contributed by atoms with Crippen molar-refractivity contribution >= 4 is 6.16 Å². The van der Waals surface area contributed by atoms with Crippen LogP contribution in [0.3, 0.4) is 0 Å². The molecule has 0 amide bonds. The third-order valence-electron chi connectivity index (χ3n) is 10.5. The smallest absolute Gasteiger partial charge is 0.249 e. The summed E-state index contributed by atoms with van der Waals surface area (Å²) in [5, 5.41) is 15.3. The van der Waals surface area contributed by atoms with E-state index in [1.807, 2.05) is 0 Å². The van der Waals surface area contributed by atoms with Crippen LogP contribution in [0.5, 0.6) is 0 Å². The van der Waals surface area contributed by atoms with Crippen LogP contribution in [0, 0.1) is 0 Å². The van der Waals surface area contributed by atoms with Crippen LogP contribution in [0.2, 0.25) is 0 Å². The highest BCUT2D eigenvalue weighted by Gasteiger charge is 2.14. The molecular formula is C45H97ClN2O3. The summed E-state index contributed by atoms with van der Waals surface area (Å²) in [5.41, 5.74) is 0. The molecule has 0 spiro atoms. The van der Waals surface area contributed by atoms with E-state index in [0.29, 0.717) is 0 Å². The van der Waals surface area contributed by atoms with Crippen LogP contribution in [0.25, 0.3) is 0 Å². The molecule has 0 aromatic heterocycles. The molecule has 5 nitrogen and oxygen atoms in total. The highest BCUT2D eigenvalue weighted by Crippen LogP contribution is 2.15. The number of carboxylic acid groups (broad SMARTS) is 2. The van der Waals surface area contributed by atoms with Crippen LogP contribution >= 0.6 is 0 Å². The molecule has 51 heavy (non-hydrogen) atoms. The Morgan fingerprint density at radius 1 is 0.353 bits per heavy atom. The van der Waals surface area contributed by atoms with Crippen LogP contribution in [0.15, 0.2) is 0 Å². The molecule has 0 aliphatic carbocycles. The molecule has 0 unspecified atom stereocenters. The molecule has 0 aromatic carbocycles. The lowest BCUT2D eigenvalue weighted by Crippen LogP contribution is -3.00. The molecule has 0 bridgehead atoms. The minimum atomic E-state index is -2.08. The van der Waals surface area contributed by atoms with Gasteiger partial charge in [0.15, 0.2) is 0 Å². The molecule has 0 aliphatic rings. The van der Waals surface area contributed by atoms with Gasteiger partial charge in [-0.05, 0) is 51.4 Å². The number of quaternary nitrogens is 2. The van der Waals surface area contributed by atoms with E-state index in [0.717, 1.165) is 0 Å². The summed E-state index contributed by atoms with van der Waals surface area (Å²) < 4.78 is 2.48. The molecule has 6 heteroatoms. The van der Waals surface area contributed by atoms with Gasteiger partial charge in [-0.1, -0.05) is 182 Å². The quantitative estimate of drug-likeness (QED) is 0.0513. The standard InChI is InChI=1S/2C22H48N.CH2O3.ClH/c2*1-5-7-9-11-13-15-17-19-21-23(3,4)22-20-18-16-14-12-10-8-6-2;2-1(3)4;/h2*5-22H2,1-4H3;(H2,2,3,4);1H/q2*+1;;/p-2. The van der Waals surface area contributed by atoms with Crippen molar-refractivity contribution in [3.8, 4) is 0 Å². The van der Waals surface area contributed by atoms with Crippen LogP contribution in [-0.4, -0.2) is 74.6 Å². The van der Waals surface area contributed by atoms with Gasteiger partial charge in [-0.2, -0.15) is 0 Å². The third kappa shape index (κ3) is 59.0. The first kappa shape index (κ1) is 57.2. The van der Waals surface area contributed by atoms with Crippen molar-refractivity contribution in [2.75, 3.05) is 54.4 Å². The lowest BCUT2D eigenvalue weighted by Gasteiger charge is -2.30. The largest absolute Gasteiger partial charge is 1.00 e. The monoisotopic (exact) mass is 749 g/mol. The average molecular weight is 750 g/mol. The number of halogens is 1. The SMILES string of the molecule is CCCCCCCCCC[N+](C)(C)CCCCCCCCCC.CCCCCCCCCC[N+](C)(C)CCCCCCCCCC.O=C([O-])O.[Cl-]. The normalized spacial score (nSPS) is 11.3. The van der Waals surface area contributed by atoms with Gasteiger partial charge in [-0.25, -0.2) is 0 Å². The number of rotatable bonds is 36. The molecule has 0 fully saturated rings. The maximum absolute atomic E-state index is 8.44. The molecule has 0 saturated heterocycles. The van der Waals surface area contributed by atoms with Gasteiger partial charge in [-0.3, -0.25) is 0 Å². The molecule has 1 N–H and O–H groups in total. The van der Waals surface area contributed by atoms with Crippen molar-refractivity contribution in [1.29, 1.82) is 0 Å². The molecule has 0 aliphatic heterocycles. The maximum Gasteiger partial charge on any atom is 0.249 e. The number of hydrogen-bond donors (Lipinski definition) is 1. The lowest BCUT2D eigenvalue weighted by molar-refractivity contribution is -0.890. The zero-order valence-electron chi connectivity index (χ0n) is 36.5. The Bertz CT molecular complexity index is 549. The fraction of sp³-hybridized carbons (Fsp3) is 0.978. The van der Waals surface area contributed by atoms with Gasteiger partial charge in [0, 0.05) is 0 Å². The van der Waals surface area contributed by atoms with E-state index in [9.17, 15) is 0 Å². The number of carbonyl (C=O) groups is 1. The van der Waals surface area contributed by atoms with Crippen LogP contribution in [-0.2, 0) is 0 Å². The summed E-state index contributed by atoms with van der Waals surface area (Å²) in [6.07, 6.45) is 44.0. The summed E-state index contributed by atoms with van der Waals surface area (Å²) >= 11 is 0. The van der Waals surface area contributed by atoms with Crippen molar-refractivity contribution in [1.82, 2.24) is 0 Å². The first-order valence-corrected chi connectivity index (χ1v) is 22.5. The van der Waals surface area contributed by atoms with Crippen molar-refractivity contribution < 1.29 is 36.4 Å². The second kappa shape index (κ2) is 45.6. The predicted molar refractivity (Wildman–Crippen MR) is 222 cm³/mol. The first-order valence-electron chi connectivity index (χ1n) is 22.5. The second-order valence-electron chi connectivity index (χ2n) is 16.9. The van der Waals surface area contributed by atoms with Gasteiger partial charge < -0.3 is 36.4 Å². The van der Waals surface area contributed by atoms with Crippen LogP contribution in [0.4, 0.5) is 4.79 Å². The van der Waals surface area contributed by atoms with Gasteiger partial charge >= 0.3 is 0 Å². The fourth-order valence-electron chi connectivity index (χ4n) is 6.92. The Morgan fingerprint density at radius 3 is 0.608 bits per heavy atom. The van der Waals surface area contributed by atoms with Gasteiger partial charge in [0.25, 0.3) is 0 Å². The average Bonchev–Trinajstić information content (AvgIpc) is 3.06. The molecule has 312 valence electrons. The molecular weight excluding hydrogens is 652 g/mol. The van der Waals surface area contributed by atoms with E-state index in [1.54, 1.807) is 0 Å². The molecule has 0 radical (unpaired) electrons. The van der Waals surface area contributed by atoms with E-state index >= 15 is 0 Å². The lowest BCUT2D eigenvalue weighted by atomic mass is 10.1. The van der Waals surface area contributed by atoms with Crippen LogP contribution < -0.4 is 17.5 Å². The maximum atomic E-state index is 8.44. The Morgan fingerprint density at radius 2 is 0.471 bits per heavy atom. The summed E-state index contributed by atoms with van der Waals surface area (Å²) in [4.78, 5) is 8.44. The Labute approximate surface area is 329 Å². The highest BCUT2D eigenvalue weighted by atomic mass is 35.5. The minimum absolute atomic E-state index is 0. The minimum Gasteiger partial charge on any atom is -1.00 e. The van der Waals surface area contributed by atoms with Crippen molar-refractivity contribution in [3.05, 3.63) is 0 Å². The number of nitrogens with zero attached hydrogens (tertiary/aromatic N) is 2. The summed E-state index contributed by atoms with van der Waals surface area (Å²) in [7, 11) is 9.73. The molecule has 0 heterocycles. The van der Waals surface area contributed by atoms with E-state index < -0.39 is 6.16 Å². The van der Waals surface area contributed by atoms with Gasteiger partial charge in [-0.15, -0.1) is 0 Å². The Balaban J connectivity index is -0.000000384. The van der Waals surface area contributed by atoms with Crippen LogP contribution in [0.1, 0.15) is 233 Å². The van der Waals surface area contributed by atoms with E-state index in [4.69, 9.17) is 15.0 Å². The third-order valence-corrected chi connectivity index (χ3v) is 10.5. The van der Waals surface area contributed by atoms with Gasteiger partial charge in [0.05, 0.1) is 54.4 Å². The molecule has 0 saturated carbocycles. The molecule has 0 atom stereocenters. The second-order valence-corrected chi connectivity index (χ2v) is 16.9. The van der Waals surface area contributed by atoms with Crippen molar-refractivity contribution in [3.63, 3.8) is 0 Å². The number of hydrogen-bond acceptors (Lipinski definition) is 2. The van der Waals surface area contributed by atoms with E-state index in [2.05, 4.69) is 55.9 Å².